The van der Waals surface area contributed by atoms with Crippen LogP contribution in [0.2, 0.25) is 0 Å². The zero-order chi connectivity index (χ0) is 12.0. The highest BCUT2D eigenvalue weighted by Gasteiger charge is 2.24. The van der Waals surface area contributed by atoms with Crippen molar-refractivity contribution in [2.24, 2.45) is 5.92 Å². The van der Waals surface area contributed by atoms with E-state index in [1.54, 1.807) is 6.07 Å². The van der Waals surface area contributed by atoms with Gasteiger partial charge in [0.05, 0.1) is 5.52 Å². The third-order valence-electron chi connectivity index (χ3n) is 3.04. The molecule has 0 saturated heterocycles. The average Bonchev–Trinajstić information content (AvgIpc) is 3.01. The summed E-state index contributed by atoms with van der Waals surface area (Å²) in [4.78, 5) is 11.1. The van der Waals surface area contributed by atoms with E-state index in [0.29, 0.717) is 11.3 Å². The summed E-state index contributed by atoms with van der Waals surface area (Å²) in [7, 11) is 0. The summed E-state index contributed by atoms with van der Waals surface area (Å²) in [6, 6.07) is 5.58. The van der Waals surface area contributed by atoms with E-state index in [4.69, 9.17) is 5.11 Å². The van der Waals surface area contributed by atoms with Crippen molar-refractivity contribution in [1.29, 1.82) is 0 Å². The Morgan fingerprint density at radius 2 is 2.29 bits per heavy atom. The van der Waals surface area contributed by atoms with E-state index in [-0.39, 0.29) is 5.69 Å². The van der Waals surface area contributed by atoms with Crippen molar-refractivity contribution in [3.05, 3.63) is 28.4 Å². The maximum atomic E-state index is 11.1. The van der Waals surface area contributed by atoms with Gasteiger partial charge < -0.3 is 5.11 Å². The second kappa shape index (κ2) is 3.84. The molecule has 0 atom stereocenters. The summed E-state index contributed by atoms with van der Waals surface area (Å²) < 4.78 is 2.76. The van der Waals surface area contributed by atoms with E-state index in [2.05, 4.69) is 21.0 Å². The minimum Gasteiger partial charge on any atom is -0.476 e. The first-order valence-corrected chi connectivity index (χ1v) is 6.34. The van der Waals surface area contributed by atoms with Crippen molar-refractivity contribution in [1.82, 2.24) is 9.78 Å². The first kappa shape index (κ1) is 10.8. The molecule has 1 N–H and O–H groups in total. The first-order chi connectivity index (χ1) is 8.15. The molecule has 1 aliphatic carbocycles. The maximum absolute atomic E-state index is 11.1. The van der Waals surface area contributed by atoms with Gasteiger partial charge in [-0.1, -0.05) is 15.9 Å². The van der Waals surface area contributed by atoms with Crippen molar-refractivity contribution in [2.45, 2.75) is 19.4 Å². The van der Waals surface area contributed by atoms with Gasteiger partial charge in [0.1, 0.15) is 0 Å². The number of carbonyl (C=O) groups is 1. The van der Waals surface area contributed by atoms with Crippen LogP contribution >= 0.6 is 15.9 Å². The molecule has 5 heteroatoms. The van der Waals surface area contributed by atoms with Gasteiger partial charge in [-0.15, -0.1) is 0 Å². The molecule has 1 aromatic heterocycles. The van der Waals surface area contributed by atoms with Gasteiger partial charge in [-0.3, -0.25) is 4.68 Å². The number of aromatic carboxylic acids is 1. The third-order valence-corrected chi connectivity index (χ3v) is 3.54. The molecule has 1 heterocycles. The van der Waals surface area contributed by atoms with E-state index in [0.717, 1.165) is 16.5 Å². The quantitative estimate of drug-likeness (QED) is 0.947. The molecule has 2 aromatic rings. The lowest BCUT2D eigenvalue weighted by molar-refractivity contribution is 0.0691. The summed E-state index contributed by atoms with van der Waals surface area (Å²) in [5.74, 6) is -0.300. The van der Waals surface area contributed by atoms with Gasteiger partial charge >= 0.3 is 5.97 Å². The lowest BCUT2D eigenvalue weighted by Crippen LogP contribution is -2.04. The van der Waals surface area contributed by atoms with Gasteiger partial charge in [0.25, 0.3) is 0 Å². The molecule has 3 rings (SSSR count). The Kier molecular flexibility index (Phi) is 2.43. The predicted octanol–water partition coefficient (Wildman–Crippen LogP) is 2.91. The second-order valence-corrected chi connectivity index (χ2v) is 5.36. The van der Waals surface area contributed by atoms with Crippen molar-refractivity contribution >= 4 is 32.8 Å². The Morgan fingerprint density at radius 1 is 1.53 bits per heavy atom. The van der Waals surface area contributed by atoms with Crippen LogP contribution in [0.5, 0.6) is 0 Å². The number of rotatable bonds is 3. The topological polar surface area (TPSA) is 55.1 Å². The molecular formula is C12H11BrN2O2. The van der Waals surface area contributed by atoms with Crippen LogP contribution in [0.25, 0.3) is 10.9 Å². The van der Waals surface area contributed by atoms with Crippen LogP contribution < -0.4 is 0 Å². The SMILES string of the molecule is O=C(O)c1nn(CC2CC2)c2cc(Br)ccc12. The summed E-state index contributed by atoms with van der Waals surface area (Å²) in [5, 5.41) is 14.0. The zero-order valence-corrected chi connectivity index (χ0v) is 10.6. The molecular weight excluding hydrogens is 284 g/mol. The Labute approximate surface area is 106 Å². The van der Waals surface area contributed by atoms with Crippen LogP contribution in [-0.2, 0) is 6.54 Å². The number of carboxylic acid groups (broad SMARTS) is 1. The van der Waals surface area contributed by atoms with Gasteiger partial charge in [0, 0.05) is 16.4 Å². The molecule has 1 aromatic carbocycles. The highest BCUT2D eigenvalue weighted by Crippen LogP contribution is 2.32. The monoisotopic (exact) mass is 294 g/mol. The Balaban J connectivity index is 2.18. The van der Waals surface area contributed by atoms with E-state index >= 15 is 0 Å². The molecule has 88 valence electrons. The molecule has 4 nitrogen and oxygen atoms in total. The fourth-order valence-electron chi connectivity index (χ4n) is 1.99. The molecule has 0 radical (unpaired) electrons. The Morgan fingerprint density at radius 3 is 2.94 bits per heavy atom. The Hall–Kier alpha value is -1.36. The minimum atomic E-state index is -0.966. The fraction of sp³-hybridized carbons (Fsp3) is 0.333. The van der Waals surface area contributed by atoms with E-state index < -0.39 is 5.97 Å². The standard InChI is InChI=1S/C12H11BrN2O2/c13-8-3-4-9-10(5-8)15(6-7-1-2-7)14-11(9)12(16)17/h3-5,7H,1-2,6H2,(H,16,17). The van der Waals surface area contributed by atoms with Crippen LogP contribution in [0.15, 0.2) is 22.7 Å². The highest BCUT2D eigenvalue weighted by atomic mass is 79.9. The predicted molar refractivity (Wildman–Crippen MR) is 67.1 cm³/mol. The molecule has 0 aliphatic heterocycles. The smallest absolute Gasteiger partial charge is 0.357 e. The first-order valence-electron chi connectivity index (χ1n) is 5.54. The van der Waals surface area contributed by atoms with Crippen LogP contribution in [0.3, 0.4) is 0 Å². The second-order valence-electron chi connectivity index (χ2n) is 4.44. The minimum absolute atomic E-state index is 0.146. The van der Waals surface area contributed by atoms with Crippen LogP contribution in [0.4, 0.5) is 0 Å². The highest BCUT2D eigenvalue weighted by molar-refractivity contribution is 9.10. The van der Waals surface area contributed by atoms with E-state index in [1.165, 1.54) is 12.8 Å². The molecule has 0 spiro atoms. The summed E-state index contributed by atoms with van der Waals surface area (Å²) in [6.07, 6.45) is 2.44. The number of halogens is 1. The fourth-order valence-corrected chi connectivity index (χ4v) is 2.34. The molecule has 1 fully saturated rings. The third kappa shape index (κ3) is 1.95. The van der Waals surface area contributed by atoms with Gasteiger partial charge in [-0.25, -0.2) is 4.79 Å². The van der Waals surface area contributed by atoms with Gasteiger partial charge in [-0.05, 0) is 37.0 Å². The number of hydrogen-bond acceptors (Lipinski definition) is 2. The summed E-state index contributed by atoms with van der Waals surface area (Å²) in [6.45, 7) is 0.820. The lowest BCUT2D eigenvalue weighted by atomic mass is 10.2. The number of aromatic nitrogens is 2. The van der Waals surface area contributed by atoms with Gasteiger partial charge in [0.2, 0.25) is 0 Å². The number of fused-ring (bicyclic) bond motifs is 1. The number of hydrogen-bond donors (Lipinski definition) is 1. The van der Waals surface area contributed by atoms with E-state index in [1.807, 2.05) is 16.8 Å². The van der Waals surface area contributed by atoms with Crippen molar-refractivity contribution in [3.63, 3.8) is 0 Å². The Bertz CT molecular complexity index is 602. The molecule has 0 unspecified atom stereocenters. The molecule has 0 amide bonds. The lowest BCUT2D eigenvalue weighted by Gasteiger charge is -2.01. The normalized spacial score (nSPS) is 15.4. The summed E-state index contributed by atoms with van der Waals surface area (Å²) >= 11 is 3.41. The van der Waals surface area contributed by atoms with Crippen LogP contribution in [-0.4, -0.2) is 20.9 Å². The van der Waals surface area contributed by atoms with Crippen molar-refractivity contribution in [3.8, 4) is 0 Å². The summed E-state index contributed by atoms with van der Waals surface area (Å²) in [5.41, 5.74) is 1.04. The average molecular weight is 295 g/mol. The van der Waals surface area contributed by atoms with Gasteiger partial charge in [0.15, 0.2) is 5.69 Å². The van der Waals surface area contributed by atoms with Gasteiger partial charge in [-0.2, -0.15) is 5.10 Å². The van der Waals surface area contributed by atoms with Crippen molar-refractivity contribution in [2.75, 3.05) is 0 Å². The van der Waals surface area contributed by atoms with E-state index in [9.17, 15) is 4.79 Å². The maximum Gasteiger partial charge on any atom is 0.357 e. The number of benzene rings is 1. The molecule has 1 aliphatic rings. The van der Waals surface area contributed by atoms with Crippen LogP contribution in [0, 0.1) is 5.92 Å². The number of carboxylic acids is 1. The molecule has 0 bridgehead atoms. The van der Waals surface area contributed by atoms with Crippen molar-refractivity contribution < 1.29 is 9.90 Å². The zero-order valence-electron chi connectivity index (χ0n) is 9.06. The van der Waals surface area contributed by atoms with Crippen LogP contribution in [0.1, 0.15) is 23.3 Å². The molecule has 1 saturated carbocycles. The molecule has 17 heavy (non-hydrogen) atoms. The largest absolute Gasteiger partial charge is 0.476 e. The number of nitrogens with zero attached hydrogens (tertiary/aromatic N) is 2.